The summed E-state index contributed by atoms with van der Waals surface area (Å²) in [6.45, 7) is 5.61. The molecule has 0 unspecified atom stereocenters. The molecule has 21 heavy (non-hydrogen) atoms. The van der Waals surface area contributed by atoms with Crippen molar-refractivity contribution in [3.05, 3.63) is 6.33 Å². The standard InChI is InChI=1S/C13H21N7O/c1-5-14-13-17-11-10(15-8-16-11)12(18-13)20(6-2)7-9(21)19(3)4/h8H,5-7H2,1-4H3,(H2,14,15,16,17,18). The molecule has 0 aliphatic heterocycles. The Morgan fingerprint density at radius 1 is 1.33 bits per heavy atom. The molecule has 2 heterocycles. The molecular weight excluding hydrogens is 270 g/mol. The number of aromatic amines is 1. The Labute approximate surface area is 123 Å². The summed E-state index contributed by atoms with van der Waals surface area (Å²) in [7, 11) is 3.48. The van der Waals surface area contributed by atoms with Gasteiger partial charge in [-0.3, -0.25) is 4.79 Å². The van der Waals surface area contributed by atoms with Gasteiger partial charge in [-0.2, -0.15) is 9.97 Å². The van der Waals surface area contributed by atoms with E-state index in [0.717, 1.165) is 12.1 Å². The van der Waals surface area contributed by atoms with Crippen LogP contribution in [-0.4, -0.2) is 64.5 Å². The Morgan fingerprint density at radius 2 is 2.10 bits per heavy atom. The van der Waals surface area contributed by atoms with Crippen LogP contribution in [0, 0.1) is 0 Å². The van der Waals surface area contributed by atoms with Gasteiger partial charge in [0.2, 0.25) is 11.9 Å². The van der Waals surface area contributed by atoms with Crippen LogP contribution in [0.5, 0.6) is 0 Å². The molecule has 2 aromatic rings. The van der Waals surface area contributed by atoms with Gasteiger partial charge in [0.25, 0.3) is 0 Å². The van der Waals surface area contributed by atoms with Crippen molar-refractivity contribution in [3.63, 3.8) is 0 Å². The molecule has 2 aromatic heterocycles. The van der Waals surface area contributed by atoms with E-state index >= 15 is 0 Å². The third kappa shape index (κ3) is 3.21. The molecule has 0 fully saturated rings. The number of anilines is 2. The summed E-state index contributed by atoms with van der Waals surface area (Å²) >= 11 is 0. The molecule has 2 rings (SSSR count). The second-order valence-electron chi connectivity index (χ2n) is 4.80. The van der Waals surface area contributed by atoms with Gasteiger partial charge < -0.3 is 20.1 Å². The molecule has 1 amide bonds. The summed E-state index contributed by atoms with van der Waals surface area (Å²) in [5.74, 6) is 1.22. The number of hydrogen-bond donors (Lipinski definition) is 2. The highest BCUT2D eigenvalue weighted by Crippen LogP contribution is 2.22. The highest BCUT2D eigenvalue weighted by Gasteiger charge is 2.18. The van der Waals surface area contributed by atoms with Gasteiger partial charge in [-0.25, -0.2) is 4.98 Å². The molecular formula is C13H21N7O. The predicted octanol–water partition coefficient (Wildman–Crippen LogP) is 0.699. The van der Waals surface area contributed by atoms with Crippen molar-refractivity contribution in [3.8, 4) is 0 Å². The van der Waals surface area contributed by atoms with E-state index in [1.54, 1.807) is 25.3 Å². The summed E-state index contributed by atoms with van der Waals surface area (Å²) < 4.78 is 0. The van der Waals surface area contributed by atoms with Crippen molar-refractivity contribution < 1.29 is 4.79 Å². The highest BCUT2D eigenvalue weighted by molar-refractivity contribution is 5.88. The lowest BCUT2D eigenvalue weighted by Gasteiger charge is -2.23. The third-order valence-electron chi connectivity index (χ3n) is 3.11. The van der Waals surface area contributed by atoms with Gasteiger partial charge in [-0.15, -0.1) is 0 Å². The zero-order chi connectivity index (χ0) is 15.4. The topological polar surface area (TPSA) is 90.0 Å². The van der Waals surface area contributed by atoms with Gasteiger partial charge in [0, 0.05) is 27.2 Å². The second-order valence-corrected chi connectivity index (χ2v) is 4.80. The van der Waals surface area contributed by atoms with Crippen molar-refractivity contribution in [1.82, 2.24) is 24.8 Å². The summed E-state index contributed by atoms with van der Waals surface area (Å²) in [6, 6.07) is 0. The quantitative estimate of drug-likeness (QED) is 0.814. The average Bonchev–Trinajstić information content (AvgIpc) is 2.92. The zero-order valence-corrected chi connectivity index (χ0v) is 12.8. The minimum absolute atomic E-state index is 0.0214. The van der Waals surface area contributed by atoms with Crippen LogP contribution in [0.3, 0.4) is 0 Å². The monoisotopic (exact) mass is 291 g/mol. The number of H-pyrrole nitrogens is 1. The van der Waals surface area contributed by atoms with Crippen LogP contribution in [0.15, 0.2) is 6.33 Å². The first-order valence-electron chi connectivity index (χ1n) is 6.96. The van der Waals surface area contributed by atoms with Crippen molar-refractivity contribution in [2.75, 3.05) is 43.9 Å². The normalized spacial score (nSPS) is 10.7. The second kappa shape index (κ2) is 6.38. The van der Waals surface area contributed by atoms with Gasteiger partial charge in [-0.1, -0.05) is 0 Å². The molecule has 0 saturated carbocycles. The lowest BCUT2D eigenvalue weighted by atomic mass is 10.4. The van der Waals surface area contributed by atoms with Crippen molar-refractivity contribution in [2.24, 2.45) is 0 Å². The number of aromatic nitrogens is 4. The van der Waals surface area contributed by atoms with Crippen LogP contribution in [-0.2, 0) is 4.79 Å². The van der Waals surface area contributed by atoms with Crippen molar-refractivity contribution in [1.29, 1.82) is 0 Å². The summed E-state index contributed by atoms with van der Waals surface area (Å²) in [5.41, 5.74) is 1.33. The van der Waals surface area contributed by atoms with Crippen LogP contribution in [0.1, 0.15) is 13.8 Å². The van der Waals surface area contributed by atoms with Crippen LogP contribution < -0.4 is 10.2 Å². The Kier molecular flexibility index (Phi) is 4.56. The fraction of sp³-hybridized carbons (Fsp3) is 0.538. The van der Waals surface area contributed by atoms with Gasteiger partial charge >= 0.3 is 0 Å². The Morgan fingerprint density at radius 3 is 2.71 bits per heavy atom. The number of amides is 1. The van der Waals surface area contributed by atoms with E-state index in [9.17, 15) is 4.79 Å². The minimum atomic E-state index is 0.0214. The van der Waals surface area contributed by atoms with Gasteiger partial charge in [0.15, 0.2) is 11.5 Å². The van der Waals surface area contributed by atoms with Gasteiger partial charge in [0.05, 0.1) is 12.9 Å². The predicted molar refractivity (Wildman–Crippen MR) is 82.4 cm³/mol. The highest BCUT2D eigenvalue weighted by atomic mass is 16.2. The number of fused-ring (bicyclic) bond motifs is 1. The third-order valence-corrected chi connectivity index (χ3v) is 3.11. The number of carbonyl (C=O) groups is 1. The van der Waals surface area contributed by atoms with Crippen molar-refractivity contribution >= 4 is 28.8 Å². The fourth-order valence-corrected chi connectivity index (χ4v) is 1.93. The molecule has 114 valence electrons. The molecule has 0 atom stereocenters. The number of carbonyl (C=O) groups excluding carboxylic acids is 1. The molecule has 0 saturated heterocycles. The molecule has 0 bridgehead atoms. The number of rotatable bonds is 6. The Bertz CT molecular complexity index is 622. The molecule has 8 heteroatoms. The number of hydrogen-bond acceptors (Lipinski definition) is 6. The molecule has 0 radical (unpaired) electrons. The van der Waals surface area contributed by atoms with Crippen LogP contribution in [0.2, 0.25) is 0 Å². The van der Waals surface area contributed by atoms with E-state index in [4.69, 9.17) is 0 Å². The first-order chi connectivity index (χ1) is 10.1. The fourth-order valence-electron chi connectivity index (χ4n) is 1.93. The SMILES string of the molecule is CCNc1nc(N(CC)CC(=O)N(C)C)c2[nH]cnc2n1. The average molecular weight is 291 g/mol. The number of imidazole rings is 1. The molecule has 0 aliphatic carbocycles. The smallest absolute Gasteiger partial charge is 0.241 e. The number of nitrogens with zero attached hydrogens (tertiary/aromatic N) is 5. The van der Waals surface area contributed by atoms with Gasteiger partial charge in [-0.05, 0) is 13.8 Å². The van der Waals surface area contributed by atoms with Crippen LogP contribution in [0.25, 0.3) is 11.2 Å². The van der Waals surface area contributed by atoms with E-state index in [2.05, 4.69) is 25.3 Å². The van der Waals surface area contributed by atoms with Gasteiger partial charge in [0.1, 0.15) is 5.52 Å². The van der Waals surface area contributed by atoms with Crippen LogP contribution >= 0.6 is 0 Å². The lowest BCUT2D eigenvalue weighted by molar-refractivity contribution is -0.127. The maximum absolute atomic E-state index is 12.0. The molecule has 0 aromatic carbocycles. The van der Waals surface area contributed by atoms with E-state index in [-0.39, 0.29) is 12.5 Å². The van der Waals surface area contributed by atoms with E-state index in [1.807, 2.05) is 18.7 Å². The first-order valence-corrected chi connectivity index (χ1v) is 6.96. The minimum Gasteiger partial charge on any atom is -0.354 e. The van der Waals surface area contributed by atoms with E-state index < -0.39 is 0 Å². The van der Waals surface area contributed by atoms with Crippen LogP contribution in [0.4, 0.5) is 11.8 Å². The first kappa shape index (κ1) is 15.0. The largest absolute Gasteiger partial charge is 0.354 e. The lowest BCUT2D eigenvalue weighted by Crippen LogP contribution is -2.37. The molecule has 2 N–H and O–H groups in total. The maximum atomic E-state index is 12.0. The summed E-state index contributed by atoms with van der Waals surface area (Å²) in [5, 5.41) is 3.09. The molecule has 0 aliphatic rings. The summed E-state index contributed by atoms with van der Waals surface area (Å²) in [6.07, 6.45) is 1.58. The number of nitrogens with one attached hydrogen (secondary N) is 2. The maximum Gasteiger partial charge on any atom is 0.241 e. The van der Waals surface area contributed by atoms with E-state index in [1.165, 1.54) is 0 Å². The Balaban J connectivity index is 2.41. The molecule has 8 nitrogen and oxygen atoms in total. The number of likely N-dealkylation sites (N-methyl/N-ethyl adjacent to an activating group) is 2. The summed E-state index contributed by atoms with van der Waals surface area (Å²) in [4.78, 5) is 31.5. The van der Waals surface area contributed by atoms with Crippen molar-refractivity contribution in [2.45, 2.75) is 13.8 Å². The van der Waals surface area contributed by atoms with E-state index in [0.29, 0.717) is 24.0 Å². The zero-order valence-electron chi connectivity index (χ0n) is 12.8. The Hall–Kier alpha value is -2.38. The molecule has 0 spiro atoms.